The van der Waals surface area contributed by atoms with Gasteiger partial charge in [-0.15, -0.1) is 0 Å². The van der Waals surface area contributed by atoms with E-state index >= 15 is 0 Å². The van der Waals surface area contributed by atoms with Crippen molar-refractivity contribution in [3.8, 4) is 0 Å². The molecule has 94 valence electrons. The van der Waals surface area contributed by atoms with Gasteiger partial charge in [-0.05, 0) is 37.6 Å². The number of halogens is 1. The maximum Gasteiger partial charge on any atom is 0.272 e. The van der Waals surface area contributed by atoms with Crippen LogP contribution in [0, 0.1) is 13.8 Å². The van der Waals surface area contributed by atoms with Crippen LogP contribution in [-0.4, -0.2) is 15.5 Å². The van der Waals surface area contributed by atoms with Crippen LogP contribution in [0.3, 0.4) is 0 Å². The van der Waals surface area contributed by atoms with Crippen molar-refractivity contribution in [3.05, 3.63) is 46.5 Å². The summed E-state index contributed by atoms with van der Waals surface area (Å²) in [6, 6.07) is 5.48. The van der Waals surface area contributed by atoms with Crippen molar-refractivity contribution < 1.29 is 4.79 Å². The second kappa shape index (κ2) is 4.82. The van der Waals surface area contributed by atoms with Crippen molar-refractivity contribution in [2.45, 2.75) is 13.8 Å². The van der Waals surface area contributed by atoms with Gasteiger partial charge in [-0.3, -0.25) is 4.79 Å². The van der Waals surface area contributed by atoms with Gasteiger partial charge in [-0.25, -0.2) is 4.98 Å². The summed E-state index contributed by atoms with van der Waals surface area (Å²) >= 11 is 5.97. The van der Waals surface area contributed by atoms with E-state index in [4.69, 9.17) is 11.6 Å². The van der Waals surface area contributed by atoms with Crippen molar-refractivity contribution in [1.82, 2.24) is 9.55 Å². The predicted octanol–water partition coefficient (Wildman–Crippen LogP) is 2.94. The van der Waals surface area contributed by atoms with Crippen LogP contribution in [0.2, 0.25) is 5.15 Å². The van der Waals surface area contributed by atoms with E-state index in [-0.39, 0.29) is 5.91 Å². The zero-order valence-electron chi connectivity index (χ0n) is 10.5. The lowest BCUT2D eigenvalue weighted by atomic mass is 10.2. The molecule has 0 saturated carbocycles. The highest BCUT2D eigenvalue weighted by atomic mass is 35.5. The SMILES string of the molecule is Cc1ccnc(Cl)c1NC(=O)c1ccc(C)n1C. The van der Waals surface area contributed by atoms with Gasteiger partial charge in [0.15, 0.2) is 5.15 Å². The summed E-state index contributed by atoms with van der Waals surface area (Å²) in [6.45, 7) is 3.82. The molecule has 0 atom stereocenters. The number of nitrogens with zero attached hydrogens (tertiary/aromatic N) is 2. The van der Waals surface area contributed by atoms with E-state index in [1.54, 1.807) is 18.3 Å². The lowest BCUT2D eigenvalue weighted by Crippen LogP contribution is -2.17. The van der Waals surface area contributed by atoms with E-state index in [0.717, 1.165) is 11.3 Å². The number of hydrogen-bond acceptors (Lipinski definition) is 2. The van der Waals surface area contributed by atoms with Gasteiger partial charge in [0.05, 0.1) is 5.69 Å². The Morgan fingerprint density at radius 3 is 2.61 bits per heavy atom. The minimum atomic E-state index is -0.191. The average molecular weight is 264 g/mol. The highest BCUT2D eigenvalue weighted by Crippen LogP contribution is 2.23. The number of nitrogens with one attached hydrogen (secondary N) is 1. The lowest BCUT2D eigenvalue weighted by Gasteiger charge is -2.10. The standard InChI is InChI=1S/C13H14ClN3O/c1-8-6-7-15-12(14)11(8)16-13(18)10-5-4-9(2)17(10)3/h4-7H,1-3H3,(H,16,18). The fraction of sp³-hybridized carbons (Fsp3) is 0.231. The largest absolute Gasteiger partial charge is 0.344 e. The minimum absolute atomic E-state index is 0.191. The van der Waals surface area contributed by atoms with Crippen LogP contribution in [0.5, 0.6) is 0 Å². The molecule has 0 bridgehead atoms. The van der Waals surface area contributed by atoms with Crippen molar-refractivity contribution in [2.24, 2.45) is 7.05 Å². The van der Waals surface area contributed by atoms with Gasteiger partial charge in [0.2, 0.25) is 0 Å². The molecule has 1 amide bonds. The second-order valence-corrected chi connectivity index (χ2v) is 4.52. The highest BCUT2D eigenvalue weighted by molar-refractivity contribution is 6.32. The molecule has 5 heteroatoms. The molecule has 0 spiro atoms. The van der Waals surface area contributed by atoms with Crippen LogP contribution in [0.15, 0.2) is 24.4 Å². The van der Waals surface area contributed by atoms with Crippen LogP contribution >= 0.6 is 11.6 Å². The van der Waals surface area contributed by atoms with Gasteiger partial charge in [-0.2, -0.15) is 0 Å². The average Bonchev–Trinajstić information content (AvgIpc) is 2.65. The quantitative estimate of drug-likeness (QED) is 0.847. The maximum atomic E-state index is 12.1. The maximum absolute atomic E-state index is 12.1. The summed E-state index contributed by atoms with van der Waals surface area (Å²) < 4.78 is 1.83. The van der Waals surface area contributed by atoms with E-state index in [1.165, 1.54) is 0 Å². The Balaban J connectivity index is 2.30. The van der Waals surface area contributed by atoms with E-state index < -0.39 is 0 Å². The zero-order chi connectivity index (χ0) is 13.3. The molecule has 0 saturated heterocycles. The molecule has 0 aliphatic rings. The molecule has 2 aromatic heterocycles. The second-order valence-electron chi connectivity index (χ2n) is 4.17. The summed E-state index contributed by atoms with van der Waals surface area (Å²) in [5, 5.41) is 3.09. The minimum Gasteiger partial charge on any atom is -0.344 e. The summed E-state index contributed by atoms with van der Waals surface area (Å²) in [6.07, 6.45) is 1.61. The third-order valence-electron chi connectivity index (χ3n) is 2.96. The normalized spacial score (nSPS) is 10.4. The number of rotatable bonds is 2. The molecule has 18 heavy (non-hydrogen) atoms. The highest BCUT2D eigenvalue weighted by Gasteiger charge is 2.14. The summed E-state index contributed by atoms with van der Waals surface area (Å²) in [5.41, 5.74) is 3.05. The van der Waals surface area contributed by atoms with E-state index in [0.29, 0.717) is 16.5 Å². The molecule has 2 aromatic rings. The monoisotopic (exact) mass is 263 g/mol. The Labute approximate surface area is 111 Å². The first-order valence-electron chi connectivity index (χ1n) is 5.55. The molecule has 2 heterocycles. The molecular formula is C13H14ClN3O. The number of aryl methyl sites for hydroxylation is 2. The lowest BCUT2D eigenvalue weighted by molar-refractivity contribution is 0.101. The topological polar surface area (TPSA) is 46.9 Å². The van der Waals surface area contributed by atoms with Gasteiger partial charge in [0.1, 0.15) is 5.69 Å². The van der Waals surface area contributed by atoms with Gasteiger partial charge in [-0.1, -0.05) is 11.6 Å². The predicted molar refractivity (Wildman–Crippen MR) is 72.1 cm³/mol. The number of amides is 1. The molecule has 0 radical (unpaired) electrons. The number of aromatic nitrogens is 2. The fourth-order valence-corrected chi connectivity index (χ4v) is 1.95. The molecule has 0 aromatic carbocycles. The van der Waals surface area contributed by atoms with E-state index in [2.05, 4.69) is 10.3 Å². The van der Waals surface area contributed by atoms with Gasteiger partial charge in [0, 0.05) is 18.9 Å². The summed E-state index contributed by atoms with van der Waals surface area (Å²) in [5.74, 6) is -0.191. The fourth-order valence-electron chi connectivity index (χ4n) is 1.69. The Kier molecular flexibility index (Phi) is 3.39. The molecule has 0 aliphatic heterocycles. The first kappa shape index (κ1) is 12.6. The molecule has 2 rings (SSSR count). The number of carbonyl (C=O) groups excluding carboxylic acids is 1. The molecule has 1 N–H and O–H groups in total. The van der Waals surface area contributed by atoms with Crippen molar-refractivity contribution in [3.63, 3.8) is 0 Å². The third-order valence-corrected chi connectivity index (χ3v) is 3.24. The molecule has 0 aliphatic carbocycles. The molecule has 4 nitrogen and oxygen atoms in total. The van der Waals surface area contributed by atoms with Gasteiger partial charge >= 0.3 is 0 Å². The summed E-state index contributed by atoms with van der Waals surface area (Å²) in [7, 11) is 1.85. The van der Waals surface area contributed by atoms with Gasteiger partial charge in [0.25, 0.3) is 5.91 Å². The number of carbonyl (C=O) groups is 1. The number of pyridine rings is 1. The van der Waals surface area contributed by atoms with Crippen LogP contribution in [0.4, 0.5) is 5.69 Å². The van der Waals surface area contributed by atoms with Crippen LogP contribution in [0.25, 0.3) is 0 Å². The van der Waals surface area contributed by atoms with Crippen LogP contribution in [0.1, 0.15) is 21.7 Å². The van der Waals surface area contributed by atoms with Crippen molar-refractivity contribution >= 4 is 23.2 Å². The Morgan fingerprint density at radius 1 is 1.33 bits per heavy atom. The van der Waals surface area contributed by atoms with E-state index in [1.807, 2.05) is 31.5 Å². The molecular weight excluding hydrogens is 250 g/mol. The number of anilines is 1. The molecule has 0 fully saturated rings. The first-order chi connectivity index (χ1) is 8.50. The Hall–Kier alpha value is -1.81. The van der Waals surface area contributed by atoms with Crippen LogP contribution < -0.4 is 5.32 Å². The van der Waals surface area contributed by atoms with Crippen molar-refractivity contribution in [2.75, 3.05) is 5.32 Å². The first-order valence-corrected chi connectivity index (χ1v) is 5.93. The molecule has 0 unspecified atom stereocenters. The van der Waals surface area contributed by atoms with Crippen molar-refractivity contribution in [1.29, 1.82) is 0 Å². The third kappa shape index (κ3) is 2.24. The van der Waals surface area contributed by atoms with E-state index in [9.17, 15) is 4.79 Å². The number of hydrogen-bond donors (Lipinski definition) is 1. The van der Waals surface area contributed by atoms with Crippen LogP contribution in [-0.2, 0) is 7.05 Å². The zero-order valence-corrected chi connectivity index (χ0v) is 11.2. The summed E-state index contributed by atoms with van der Waals surface area (Å²) in [4.78, 5) is 16.1. The van der Waals surface area contributed by atoms with Gasteiger partial charge < -0.3 is 9.88 Å². The Bertz CT molecular complexity index is 584. The Morgan fingerprint density at radius 2 is 2.06 bits per heavy atom. The smallest absolute Gasteiger partial charge is 0.272 e.